The largest absolute Gasteiger partial charge is 0.480 e. The van der Waals surface area contributed by atoms with Crippen molar-refractivity contribution in [2.75, 3.05) is 5.73 Å². The van der Waals surface area contributed by atoms with E-state index < -0.39 is 23.7 Å². The normalized spacial score (nSPS) is 17.2. The third kappa shape index (κ3) is 4.23. The quantitative estimate of drug-likeness (QED) is 0.606. The Balaban J connectivity index is 0.00000242. The van der Waals surface area contributed by atoms with Gasteiger partial charge in [0, 0.05) is 33.2 Å². The Hall–Kier alpha value is -1.55. The number of hydrogen-bond acceptors (Lipinski definition) is 4. The van der Waals surface area contributed by atoms with Crippen LogP contribution in [0.1, 0.15) is 31.9 Å². The first kappa shape index (κ1) is 18.5. The molecule has 22 heavy (non-hydrogen) atoms. The molecule has 1 unspecified atom stereocenters. The van der Waals surface area contributed by atoms with Crippen molar-refractivity contribution in [2.45, 2.75) is 45.4 Å². The van der Waals surface area contributed by atoms with Crippen LogP contribution in [0.5, 0.6) is 0 Å². The molecule has 0 fully saturated rings. The van der Waals surface area contributed by atoms with Crippen LogP contribution in [0.2, 0.25) is 0 Å². The van der Waals surface area contributed by atoms with Gasteiger partial charge >= 0.3 is 12.1 Å². The van der Waals surface area contributed by atoms with Crippen molar-refractivity contribution in [1.82, 2.24) is 4.90 Å². The maximum absolute atomic E-state index is 12.2. The van der Waals surface area contributed by atoms with Gasteiger partial charge in [0.05, 0.1) is 6.54 Å². The summed E-state index contributed by atoms with van der Waals surface area (Å²) in [6.07, 6.45) is -0.368. The summed E-state index contributed by atoms with van der Waals surface area (Å²) in [5.74, 6) is -1.04. The Labute approximate surface area is 143 Å². The standard InChI is InChI=1S/C15H20N2O4.W/c1-15(2,3)21-14(20)17-8-10-6-11(16)5-4-9(10)7-12(17)13(18)19;/h4-6,12H,7-8,16H2,1-3H3,(H,18,19);. The number of rotatable bonds is 1. The maximum Gasteiger partial charge on any atom is 0.411 e. The molecule has 3 N–H and O–H groups in total. The van der Waals surface area contributed by atoms with Gasteiger partial charge < -0.3 is 15.6 Å². The molecule has 0 aliphatic carbocycles. The molecule has 1 aromatic carbocycles. The topological polar surface area (TPSA) is 92.9 Å². The molecular formula is C15H20N2O4W. The molecule has 1 atom stereocenters. The third-order valence-electron chi connectivity index (χ3n) is 3.27. The van der Waals surface area contributed by atoms with Crippen molar-refractivity contribution in [3.63, 3.8) is 0 Å². The number of benzene rings is 1. The van der Waals surface area contributed by atoms with Crippen LogP contribution in [0.15, 0.2) is 18.2 Å². The fourth-order valence-corrected chi connectivity index (χ4v) is 2.34. The number of amides is 1. The van der Waals surface area contributed by atoms with Gasteiger partial charge in [-0.05, 0) is 44.0 Å². The number of nitrogen functional groups attached to an aromatic ring is 1. The summed E-state index contributed by atoms with van der Waals surface area (Å²) in [5, 5.41) is 9.36. The molecule has 2 rings (SSSR count). The Morgan fingerprint density at radius 1 is 1.32 bits per heavy atom. The summed E-state index contributed by atoms with van der Waals surface area (Å²) in [6.45, 7) is 5.43. The fraction of sp³-hybridized carbons (Fsp3) is 0.467. The van der Waals surface area contributed by atoms with Gasteiger partial charge in [-0.2, -0.15) is 0 Å². The van der Waals surface area contributed by atoms with Gasteiger partial charge in [-0.25, -0.2) is 9.59 Å². The number of carboxylic acids is 1. The van der Waals surface area contributed by atoms with Gasteiger partial charge in [-0.15, -0.1) is 0 Å². The maximum atomic E-state index is 12.2. The summed E-state index contributed by atoms with van der Waals surface area (Å²) in [6, 6.07) is 4.40. The second-order valence-electron chi connectivity index (χ2n) is 6.19. The molecule has 0 bridgehead atoms. The first-order valence-electron chi connectivity index (χ1n) is 6.77. The van der Waals surface area contributed by atoms with Crippen LogP contribution in [0.4, 0.5) is 10.5 Å². The average Bonchev–Trinajstić information content (AvgIpc) is 2.34. The second kappa shape index (κ2) is 6.69. The molecule has 1 aliphatic rings. The fourth-order valence-electron chi connectivity index (χ4n) is 2.34. The average molecular weight is 476 g/mol. The zero-order valence-corrected chi connectivity index (χ0v) is 15.8. The smallest absolute Gasteiger partial charge is 0.411 e. The second-order valence-corrected chi connectivity index (χ2v) is 6.19. The van der Waals surface area contributed by atoms with Crippen LogP contribution in [-0.2, 0) is 43.6 Å². The van der Waals surface area contributed by atoms with Crippen LogP contribution in [0.25, 0.3) is 0 Å². The zero-order chi connectivity index (χ0) is 15.8. The minimum Gasteiger partial charge on any atom is -0.480 e. The molecule has 120 valence electrons. The molecule has 1 aliphatic heterocycles. The van der Waals surface area contributed by atoms with Crippen LogP contribution in [0, 0.1) is 0 Å². The molecule has 0 saturated heterocycles. The number of aliphatic carboxylic acids is 1. The Bertz CT molecular complexity index is 583. The molecule has 0 aromatic heterocycles. The van der Waals surface area contributed by atoms with E-state index in [9.17, 15) is 14.7 Å². The predicted octanol–water partition coefficient (Wildman–Crippen LogP) is 2.01. The van der Waals surface area contributed by atoms with E-state index in [0.29, 0.717) is 5.69 Å². The molecule has 1 heterocycles. The molecule has 0 radical (unpaired) electrons. The number of nitrogens with zero attached hydrogens (tertiary/aromatic N) is 1. The van der Waals surface area contributed by atoms with E-state index in [0.717, 1.165) is 11.1 Å². The van der Waals surface area contributed by atoms with Crippen molar-refractivity contribution < 1.29 is 40.5 Å². The van der Waals surface area contributed by atoms with Gasteiger partial charge in [0.1, 0.15) is 11.6 Å². The minimum atomic E-state index is -1.04. The Morgan fingerprint density at radius 2 is 1.95 bits per heavy atom. The molecule has 1 aromatic rings. The number of carbonyl (C=O) groups excluding carboxylic acids is 1. The number of hydrogen-bond donors (Lipinski definition) is 2. The predicted molar refractivity (Wildman–Crippen MR) is 77.8 cm³/mol. The van der Waals surface area contributed by atoms with Gasteiger partial charge in [-0.3, -0.25) is 4.90 Å². The molecule has 7 heteroatoms. The van der Waals surface area contributed by atoms with Crippen molar-refractivity contribution in [3.8, 4) is 0 Å². The summed E-state index contributed by atoms with van der Waals surface area (Å²) >= 11 is 0. The number of carboxylic acid groups (broad SMARTS) is 1. The molecule has 6 nitrogen and oxygen atoms in total. The summed E-state index contributed by atoms with van der Waals surface area (Å²) < 4.78 is 5.30. The SMILES string of the molecule is CC(C)(C)OC(=O)N1Cc2cc(N)ccc2CC1C(=O)O.[W]. The molecule has 0 spiro atoms. The summed E-state index contributed by atoms with van der Waals surface area (Å²) in [7, 11) is 0. The van der Waals surface area contributed by atoms with Gasteiger partial charge in [0.15, 0.2) is 0 Å². The third-order valence-corrected chi connectivity index (χ3v) is 3.27. The Kier molecular flexibility index (Phi) is 5.63. The van der Waals surface area contributed by atoms with E-state index in [-0.39, 0.29) is 34.0 Å². The monoisotopic (exact) mass is 476 g/mol. The van der Waals surface area contributed by atoms with Crippen molar-refractivity contribution in [3.05, 3.63) is 29.3 Å². The van der Waals surface area contributed by atoms with Gasteiger partial charge in [0.2, 0.25) is 0 Å². The van der Waals surface area contributed by atoms with E-state index in [4.69, 9.17) is 10.5 Å². The molecular weight excluding hydrogens is 456 g/mol. The Morgan fingerprint density at radius 3 is 2.50 bits per heavy atom. The van der Waals surface area contributed by atoms with E-state index in [1.807, 2.05) is 6.07 Å². The van der Waals surface area contributed by atoms with E-state index >= 15 is 0 Å². The zero-order valence-electron chi connectivity index (χ0n) is 12.8. The number of carbonyl (C=O) groups is 2. The molecule has 1 amide bonds. The van der Waals surface area contributed by atoms with Crippen molar-refractivity contribution >= 4 is 17.7 Å². The van der Waals surface area contributed by atoms with E-state index in [1.54, 1.807) is 32.9 Å². The van der Waals surface area contributed by atoms with E-state index in [1.165, 1.54) is 4.90 Å². The van der Waals surface area contributed by atoms with Crippen LogP contribution in [0.3, 0.4) is 0 Å². The van der Waals surface area contributed by atoms with Crippen molar-refractivity contribution in [2.24, 2.45) is 0 Å². The first-order valence-corrected chi connectivity index (χ1v) is 6.77. The van der Waals surface area contributed by atoms with Crippen LogP contribution in [-0.4, -0.2) is 33.7 Å². The minimum absolute atomic E-state index is 0. The summed E-state index contributed by atoms with van der Waals surface area (Å²) in [5.41, 5.74) is 7.43. The first-order chi connectivity index (χ1) is 9.67. The van der Waals surface area contributed by atoms with Gasteiger partial charge in [0.25, 0.3) is 0 Å². The van der Waals surface area contributed by atoms with Gasteiger partial charge in [-0.1, -0.05) is 6.07 Å². The number of ether oxygens (including phenoxy) is 1. The number of anilines is 1. The number of nitrogens with two attached hydrogens (primary N) is 1. The van der Waals surface area contributed by atoms with Crippen LogP contribution >= 0.6 is 0 Å². The van der Waals surface area contributed by atoms with Crippen LogP contribution < -0.4 is 5.73 Å². The number of fused-ring (bicyclic) bond motifs is 1. The summed E-state index contributed by atoms with van der Waals surface area (Å²) in [4.78, 5) is 24.9. The van der Waals surface area contributed by atoms with Crippen molar-refractivity contribution in [1.29, 1.82) is 0 Å². The molecule has 0 saturated carbocycles. The van der Waals surface area contributed by atoms with E-state index in [2.05, 4.69) is 0 Å².